The Labute approximate surface area is 260 Å². The lowest BCUT2D eigenvalue weighted by atomic mass is 9.82. The maximum Gasteiger partial charge on any atom is 0.336 e. The number of hydrogen-bond acceptors (Lipinski definition) is 6. The van der Waals surface area contributed by atoms with Crippen molar-refractivity contribution in [2.45, 2.75) is 104 Å². The molecule has 0 aliphatic carbocycles. The fraction of sp³-hybridized carbons (Fsp3) is 0.526. The fourth-order valence-corrected chi connectivity index (χ4v) is 8.19. The van der Waals surface area contributed by atoms with Gasteiger partial charge in [-0.15, -0.1) is 0 Å². The van der Waals surface area contributed by atoms with Crippen LogP contribution >= 0.6 is 0 Å². The first-order valence-electron chi connectivity index (χ1n) is 16.7. The van der Waals surface area contributed by atoms with Gasteiger partial charge in [0, 0.05) is 71.6 Å². The van der Waals surface area contributed by atoms with Gasteiger partial charge in [-0.1, -0.05) is 41.5 Å². The molecule has 0 amide bonds. The summed E-state index contributed by atoms with van der Waals surface area (Å²) in [5, 5.41) is 2.29. The molecule has 0 bridgehead atoms. The molecule has 0 saturated heterocycles. The highest BCUT2D eigenvalue weighted by Gasteiger charge is 2.31. The Morgan fingerprint density at radius 3 is 1.27 bits per heavy atom. The van der Waals surface area contributed by atoms with Gasteiger partial charge < -0.3 is 18.6 Å². The molecule has 0 spiro atoms. The highest BCUT2D eigenvalue weighted by Crippen LogP contribution is 2.43. The summed E-state index contributed by atoms with van der Waals surface area (Å²) >= 11 is 0. The van der Waals surface area contributed by atoms with Crippen LogP contribution in [0.2, 0.25) is 0 Å². The third kappa shape index (κ3) is 4.95. The van der Waals surface area contributed by atoms with Crippen molar-refractivity contribution in [1.82, 2.24) is 0 Å². The molecule has 6 heterocycles. The Kier molecular flexibility index (Phi) is 6.98. The van der Waals surface area contributed by atoms with E-state index in [4.69, 9.17) is 8.83 Å². The number of anilines is 2. The standard InChI is InChI=1S/2C19H23NO2/c2*1-19(2,3)15-11-16(21)22-18-13-7-5-9-20-8-4-6-12(17(13)20)10-14(15)18/h2*10-11H,4-9H2,1-3H3. The molecule has 2 aromatic carbocycles. The third-order valence-corrected chi connectivity index (χ3v) is 10.1. The zero-order chi connectivity index (χ0) is 31.0. The second-order valence-corrected chi connectivity index (χ2v) is 15.3. The predicted molar refractivity (Wildman–Crippen MR) is 180 cm³/mol. The van der Waals surface area contributed by atoms with Gasteiger partial charge in [0.2, 0.25) is 0 Å². The number of hydrogen-bond donors (Lipinski definition) is 0. The zero-order valence-electron chi connectivity index (χ0n) is 27.3. The molecule has 4 aromatic rings. The molecule has 4 aliphatic heterocycles. The molecule has 4 aliphatic rings. The van der Waals surface area contributed by atoms with E-state index in [-0.39, 0.29) is 22.1 Å². The van der Waals surface area contributed by atoms with Gasteiger partial charge >= 0.3 is 11.3 Å². The Balaban J connectivity index is 0.000000142. The topological polar surface area (TPSA) is 66.9 Å². The summed E-state index contributed by atoms with van der Waals surface area (Å²) in [4.78, 5) is 29.2. The lowest BCUT2D eigenvalue weighted by Gasteiger charge is -2.37. The Hall–Kier alpha value is -3.54. The van der Waals surface area contributed by atoms with Crippen LogP contribution in [0.5, 0.6) is 0 Å². The molecule has 232 valence electrons. The minimum Gasteiger partial charge on any atom is -0.422 e. The van der Waals surface area contributed by atoms with Crippen molar-refractivity contribution < 1.29 is 8.83 Å². The summed E-state index contributed by atoms with van der Waals surface area (Å²) in [6.45, 7) is 17.5. The van der Waals surface area contributed by atoms with Crippen LogP contribution in [0.25, 0.3) is 21.9 Å². The quantitative estimate of drug-likeness (QED) is 0.196. The van der Waals surface area contributed by atoms with E-state index in [1.54, 1.807) is 12.1 Å². The van der Waals surface area contributed by atoms with E-state index in [0.29, 0.717) is 0 Å². The lowest BCUT2D eigenvalue weighted by molar-refractivity contribution is 0.532. The minimum absolute atomic E-state index is 0.0574. The van der Waals surface area contributed by atoms with E-state index < -0.39 is 0 Å². The largest absolute Gasteiger partial charge is 0.422 e. The van der Waals surface area contributed by atoms with Gasteiger partial charge in [0.05, 0.1) is 0 Å². The van der Waals surface area contributed by atoms with E-state index in [1.807, 2.05) is 0 Å². The van der Waals surface area contributed by atoms with E-state index in [0.717, 1.165) is 97.8 Å². The number of rotatable bonds is 0. The van der Waals surface area contributed by atoms with Crippen molar-refractivity contribution in [1.29, 1.82) is 0 Å². The van der Waals surface area contributed by atoms with Crippen LogP contribution < -0.4 is 21.1 Å². The summed E-state index contributed by atoms with van der Waals surface area (Å²) in [6.07, 6.45) is 9.05. The zero-order valence-corrected chi connectivity index (χ0v) is 27.3. The highest BCUT2D eigenvalue weighted by molar-refractivity contribution is 5.92. The van der Waals surface area contributed by atoms with Crippen molar-refractivity contribution >= 4 is 33.3 Å². The van der Waals surface area contributed by atoms with Gasteiger partial charge in [0.1, 0.15) is 11.2 Å². The first kappa shape index (κ1) is 29.2. The number of nitrogens with zero attached hydrogens (tertiary/aromatic N) is 2. The maximum atomic E-state index is 12.1. The monoisotopic (exact) mass is 594 g/mol. The smallest absolute Gasteiger partial charge is 0.336 e. The predicted octanol–water partition coefficient (Wildman–Crippen LogP) is 7.58. The molecular weight excluding hydrogens is 548 g/mol. The van der Waals surface area contributed by atoms with Gasteiger partial charge in [0.25, 0.3) is 0 Å². The summed E-state index contributed by atoms with van der Waals surface area (Å²) in [5.41, 5.74) is 11.5. The van der Waals surface area contributed by atoms with Gasteiger partial charge in [-0.3, -0.25) is 0 Å². The van der Waals surface area contributed by atoms with Crippen molar-refractivity contribution in [3.63, 3.8) is 0 Å². The Morgan fingerprint density at radius 2 is 0.909 bits per heavy atom. The molecule has 0 fully saturated rings. The van der Waals surface area contributed by atoms with Crippen LogP contribution in [-0.2, 0) is 36.5 Å². The summed E-state index contributed by atoms with van der Waals surface area (Å²) < 4.78 is 11.4. The minimum atomic E-state index is -0.221. The maximum absolute atomic E-state index is 12.1. The van der Waals surface area contributed by atoms with Gasteiger partial charge in [0.15, 0.2) is 0 Å². The SMILES string of the molecule is CC(C)(C)c1cc(=O)oc2c3c4c(cc12)CCCN4CCC3.CC(C)(C)c1cc(=O)oc2c3c4c(cc12)CCCN4CCC3. The number of aryl methyl sites for hydroxylation is 4. The Morgan fingerprint density at radius 1 is 0.545 bits per heavy atom. The summed E-state index contributed by atoms with van der Waals surface area (Å²) in [6, 6.07) is 7.94. The Bertz CT molecular complexity index is 1760. The van der Waals surface area contributed by atoms with Gasteiger partial charge in [-0.2, -0.15) is 0 Å². The van der Waals surface area contributed by atoms with Crippen LogP contribution in [0.4, 0.5) is 11.4 Å². The summed E-state index contributed by atoms with van der Waals surface area (Å²) in [5.74, 6) is 0. The van der Waals surface area contributed by atoms with Crippen LogP contribution in [0.3, 0.4) is 0 Å². The first-order valence-corrected chi connectivity index (χ1v) is 16.7. The van der Waals surface area contributed by atoms with E-state index in [9.17, 15) is 9.59 Å². The van der Waals surface area contributed by atoms with Crippen LogP contribution in [0.1, 0.15) is 101 Å². The van der Waals surface area contributed by atoms with Crippen LogP contribution in [0.15, 0.2) is 42.7 Å². The lowest BCUT2D eigenvalue weighted by Crippen LogP contribution is -2.34. The molecule has 2 aromatic heterocycles. The molecule has 6 heteroatoms. The van der Waals surface area contributed by atoms with E-state index in [1.165, 1.54) is 46.5 Å². The van der Waals surface area contributed by atoms with Gasteiger partial charge in [-0.25, -0.2) is 9.59 Å². The van der Waals surface area contributed by atoms with Crippen molar-refractivity contribution in [2.24, 2.45) is 0 Å². The van der Waals surface area contributed by atoms with E-state index in [2.05, 4.69) is 63.5 Å². The average Bonchev–Trinajstić information content (AvgIpc) is 2.97. The molecule has 0 atom stereocenters. The van der Waals surface area contributed by atoms with Crippen molar-refractivity contribution in [3.8, 4) is 0 Å². The summed E-state index contributed by atoms with van der Waals surface area (Å²) in [7, 11) is 0. The molecule has 0 unspecified atom stereocenters. The number of fused-ring (bicyclic) bond motifs is 4. The second-order valence-electron chi connectivity index (χ2n) is 15.3. The molecule has 0 N–H and O–H groups in total. The molecular formula is C38H46N2O4. The second kappa shape index (κ2) is 10.5. The third-order valence-electron chi connectivity index (χ3n) is 10.1. The van der Waals surface area contributed by atoms with Gasteiger partial charge in [-0.05, 0) is 96.6 Å². The van der Waals surface area contributed by atoms with Crippen molar-refractivity contribution in [2.75, 3.05) is 36.0 Å². The average molecular weight is 595 g/mol. The molecule has 6 nitrogen and oxygen atoms in total. The molecule has 8 rings (SSSR count). The van der Waals surface area contributed by atoms with Crippen LogP contribution in [-0.4, -0.2) is 26.2 Å². The normalized spacial score (nSPS) is 17.7. The molecule has 0 saturated carbocycles. The first-order chi connectivity index (χ1) is 20.9. The van der Waals surface area contributed by atoms with Crippen LogP contribution in [0, 0.1) is 0 Å². The number of benzene rings is 2. The fourth-order valence-electron chi connectivity index (χ4n) is 8.19. The van der Waals surface area contributed by atoms with E-state index >= 15 is 0 Å². The molecule has 0 radical (unpaired) electrons. The highest BCUT2D eigenvalue weighted by atomic mass is 16.4. The van der Waals surface area contributed by atoms with Crippen molar-refractivity contribution in [3.05, 3.63) is 78.5 Å². The molecule has 44 heavy (non-hydrogen) atoms.